The van der Waals surface area contributed by atoms with E-state index in [0.717, 1.165) is 77.7 Å². The van der Waals surface area contributed by atoms with Crippen molar-refractivity contribution in [1.29, 1.82) is 0 Å². The van der Waals surface area contributed by atoms with Gasteiger partial charge in [-0.2, -0.15) is 0 Å². The van der Waals surface area contributed by atoms with Gasteiger partial charge in [-0.25, -0.2) is 9.97 Å². The number of pyridine rings is 3. The molecule has 0 atom stereocenters. The normalized spacial score (nSPS) is 11.5. The lowest BCUT2D eigenvalue weighted by Gasteiger charge is -2.26. The number of benzene rings is 7. The van der Waals surface area contributed by atoms with Crippen LogP contribution in [0.3, 0.4) is 0 Å². The predicted octanol–water partition coefficient (Wildman–Crippen LogP) is 12.4. The quantitative estimate of drug-likeness (QED) is 0.174. The molecule has 7 aromatic carbocycles. The number of aromatic nitrogens is 3. The van der Waals surface area contributed by atoms with Gasteiger partial charge in [0.2, 0.25) is 0 Å². The third kappa shape index (κ3) is 4.96. The molecular formula is C47H30N4. The molecule has 0 aliphatic rings. The minimum Gasteiger partial charge on any atom is -0.310 e. The summed E-state index contributed by atoms with van der Waals surface area (Å²) in [6.45, 7) is 0. The van der Waals surface area contributed by atoms with Gasteiger partial charge in [-0.05, 0) is 59.3 Å². The Kier molecular flexibility index (Phi) is 6.78. The molecular weight excluding hydrogens is 621 g/mol. The number of para-hydroxylation sites is 2. The van der Waals surface area contributed by atoms with E-state index in [2.05, 4.69) is 180 Å². The van der Waals surface area contributed by atoms with Crippen molar-refractivity contribution >= 4 is 71.3 Å². The van der Waals surface area contributed by atoms with E-state index < -0.39 is 0 Å². The first-order valence-corrected chi connectivity index (χ1v) is 17.2. The highest BCUT2D eigenvalue weighted by Crippen LogP contribution is 2.41. The standard InChI is InChI=1S/C47H30N4/c1-3-12-36(13-4-1)51(37-14-5-2-6-15-37)38-25-27-40-43(30-38)50-45(41-26-23-31-10-7-8-16-39(31)44(40)41)34-19-17-32(18-20-34)42-28-24-35-22-21-33-11-9-29-48-46(33)47(35)49-42/h1-30H. The molecule has 0 bridgehead atoms. The van der Waals surface area contributed by atoms with Crippen LogP contribution in [0.4, 0.5) is 17.1 Å². The summed E-state index contributed by atoms with van der Waals surface area (Å²) in [6, 6.07) is 61.9. The summed E-state index contributed by atoms with van der Waals surface area (Å²) in [4.78, 5) is 17.5. The number of anilines is 3. The van der Waals surface area contributed by atoms with Gasteiger partial charge in [-0.3, -0.25) is 4.98 Å². The van der Waals surface area contributed by atoms with Crippen LogP contribution in [0.2, 0.25) is 0 Å². The largest absolute Gasteiger partial charge is 0.310 e. The molecule has 0 saturated heterocycles. The maximum absolute atomic E-state index is 5.44. The second-order valence-electron chi connectivity index (χ2n) is 12.9. The molecule has 238 valence electrons. The summed E-state index contributed by atoms with van der Waals surface area (Å²) in [5.41, 5.74) is 10.0. The zero-order chi connectivity index (χ0) is 33.7. The number of hydrogen-bond donors (Lipinski definition) is 0. The molecule has 0 aliphatic heterocycles. The molecule has 10 rings (SSSR count). The zero-order valence-corrected chi connectivity index (χ0v) is 27.6. The van der Waals surface area contributed by atoms with Crippen molar-refractivity contribution in [2.45, 2.75) is 0 Å². The Hall–Kier alpha value is -6.91. The van der Waals surface area contributed by atoms with Crippen molar-refractivity contribution in [3.05, 3.63) is 182 Å². The predicted molar refractivity (Wildman–Crippen MR) is 213 cm³/mol. The van der Waals surface area contributed by atoms with E-state index in [1.54, 1.807) is 0 Å². The average molecular weight is 651 g/mol. The van der Waals surface area contributed by atoms with E-state index in [0.29, 0.717) is 0 Å². The topological polar surface area (TPSA) is 41.9 Å². The Balaban J connectivity index is 1.15. The summed E-state index contributed by atoms with van der Waals surface area (Å²) in [5.74, 6) is 0. The van der Waals surface area contributed by atoms with Crippen molar-refractivity contribution in [2.75, 3.05) is 4.90 Å². The van der Waals surface area contributed by atoms with Crippen LogP contribution >= 0.6 is 0 Å². The van der Waals surface area contributed by atoms with E-state index in [4.69, 9.17) is 9.97 Å². The number of hydrogen-bond acceptors (Lipinski definition) is 4. The first-order chi connectivity index (χ1) is 25.3. The second kappa shape index (κ2) is 11.9. The molecule has 0 N–H and O–H groups in total. The summed E-state index contributed by atoms with van der Waals surface area (Å²) < 4.78 is 0. The monoisotopic (exact) mass is 650 g/mol. The van der Waals surface area contributed by atoms with Crippen LogP contribution in [0.1, 0.15) is 0 Å². The van der Waals surface area contributed by atoms with Crippen LogP contribution < -0.4 is 4.90 Å². The third-order valence-electron chi connectivity index (χ3n) is 9.84. The number of nitrogens with zero attached hydrogens (tertiary/aromatic N) is 4. The van der Waals surface area contributed by atoms with Crippen molar-refractivity contribution in [3.8, 4) is 22.5 Å². The van der Waals surface area contributed by atoms with Gasteiger partial charge in [0.1, 0.15) is 0 Å². The van der Waals surface area contributed by atoms with E-state index >= 15 is 0 Å². The fraction of sp³-hybridized carbons (Fsp3) is 0. The Morgan fingerprint density at radius 2 is 1.02 bits per heavy atom. The lowest BCUT2D eigenvalue weighted by molar-refractivity contribution is 1.28. The Morgan fingerprint density at radius 1 is 0.392 bits per heavy atom. The third-order valence-corrected chi connectivity index (χ3v) is 9.84. The maximum Gasteiger partial charge on any atom is 0.0972 e. The molecule has 4 nitrogen and oxygen atoms in total. The molecule has 0 radical (unpaired) electrons. The first-order valence-electron chi connectivity index (χ1n) is 17.2. The minimum atomic E-state index is 0.916. The zero-order valence-electron chi connectivity index (χ0n) is 27.6. The molecule has 0 unspecified atom stereocenters. The molecule has 4 heteroatoms. The number of fused-ring (bicyclic) bond motifs is 8. The Morgan fingerprint density at radius 3 is 1.80 bits per heavy atom. The van der Waals surface area contributed by atoms with Crippen LogP contribution in [0.15, 0.2) is 182 Å². The molecule has 3 aromatic heterocycles. The second-order valence-corrected chi connectivity index (χ2v) is 12.9. The minimum absolute atomic E-state index is 0.916. The highest BCUT2D eigenvalue weighted by Gasteiger charge is 2.17. The summed E-state index contributed by atoms with van der Waals surface area (Å²) in [6.07, 6.45) is 1.83. The summed E-state index contributed by atoms with van der Waals surface area (Å²) in [7, 11) is 0. The lowest BCUT2D eigenvalue weighted by atomic mass is 9.94. The van der Waals surface area contributed by atoms with Gasteiger partial charge in [0.25, 0.3) is 0 Å². The van der Waals surface area contributed by atoms with Gasteiger partial charge < -0.3 is 4.90 Å². The van der Waals surface area contributed by atoms with Gasteiger partial charge in [0.15, 0.2) is 0 Å². The maximum atomic E-state index is 5.44. The molecule has 3 heterocycles. The number of rotatable bonds is 5. The van der Waals surface area contributed by atoms with Gasteiger partial charge in [-0.1, -0.05) is 127 Å². The molecule has 0 spiro atoms. The van der Waals surface area contributed by atoms with E-state index in [1.165, 1.54) is 16.2 Å². The van der Waals surface area contributed by atoms with E-state index in [1.807, 2.05) is 12.3 Å². The SMILES string of the molecule is c1ccc(N(c2ccccc2)c2ccc3c(c2)nc(-c2ccc(-c4ccc5ccc6cccnc6c5n4)cc2)c2ccc4ccccc4c23)cc1. The van der Waals surface area contributed by atoms with Crippen LogP contribution in [-0.2, 0) is 0 Å². The average Bonchev–Trinajstić information content (AvgIpc) is 3.21. The molecule has 0 fully saturated rings. The summed E-state index contributed by atoms with van der Waals surface area (Å²) in [5, 5.41) is 8.08. The van der Waals surface area contributed by atoms with Crippen LogP contribution in [-0.4, -0.2) is 15.0 Å². The fourth-order valence-corrected chi connectivity index (χ4v) is 7.41. The van der Waals surface area contributed by atoms with Crippen molar-refractivity contribution in [2.24, 2.45) is 0 Å². The lowest BCUT2D eigenvalue weighted by Crippen LogP contribution is -2.09. The van der Waals surface area contributed by atoms with Gasteiger partial charge in [-0.15, -0.1) is 0 Å². The molecule has 0 aliphatic carbocycles. The van der Waals surface area contributed by atoms with Gasteiger partial charge >= 0.3 is 0 Å². The smallest absolute Gasteiger partial charge is 0.0972 e. The fourth-order valence-electron chi connectivity index (χ4n) is 7.41. The van der Waals surface area contributed by atoms with Crippen molar-refractivity contribution in [1.82, 2.24) is 15.0 Å². The molecule has 0 saturated carbocycles. The van der Waals surface area contributed by atoms with E-state index in [9.17, 15) is 0 Å². The van der Waals surface area contributed by atoms with Crippen molar-refractivity contribution in [3.63, 3.8) is 0 Å². The Bertz CT molecular complexity index is 2860. The van der Waals surface area contributed by atoms with Crippen LogP contribution in [0.5, 0.6) is 0 Å². The van der Waals surface area contributed by atoms with Crippen LogP contribution in [0, 0.1) is 0 Å². The van der Waals surface area contributed by atoms with Gasteiger partial charge in [0, 0.05) is 61.3 Å². The van der Waals surface area contributed by atoms with E-state index in [-0.39, 0.29) is 0 Å². The molecule has 10 aromatic rings. The molecule has 51 heavy (non-hydrogen) atoms. The van der Waals surface area contributed by atoms with Crippen molar-refractivity contribution < 1.29 is 0 Å². The highest BCUT2D eigenvalue weighted by molar-refractivity contribution is 6.22. The summed E-state index contributed by atoms with van der Waals surface area (Å²) >= 11 is 0. The van der Waals surface area contributed by atoms with Gasteiger partial charge in [0.05, 0.1) is 27.9 Å². The Labute approximate surface area is 294 Å². The molecule has 0 amide bonds. The van der Waals surface area contributed by atoms with Crippen LogP contribution in [0.25, 0.3) is 76.8 Å². The first kappa shape index (κ1) is 29.0. The highest BCUT2D eigenvalue weighted by atomic mass is 15.1.